The first-order chi connectivity index (χ1) is 15.4. The second-order valence-corrected chi connectivity index (χ2v) is 9.16. The van der Waals surface area contributed by atoms with Crippen LogP contribution in [-0.2, 0) is 4.79 Å². The van der Waals surface area contributed by atoms with Gasteiger partial charge >= 0.3 is 0 Å². The van der Waals surface area contributed by atoms with E-state index < -0.39 is 0 Å². The highest BCUT2D eigenvalue weighted by Gasteiger charge is 2.25. The fourth-order valence-electron chi connectivity index (χ4n) is 3.73. The zero-order valence-electron chi connectivity index (χ0n) is 18.4. The van der Waals surface area contributed by atoms with Gasteiger partial charge in [-0.05, 0) is 31.0 Å². The Kier molecular flexibility index (Phi) is 6.55. The van der Waals surface area contributed by atoms with Crippen LogP contribution in [0.1, 0.15) is 37.2 Å². The van der Waals surface area contributed by atoms with E-state index in [4.69, 9.17) is 9.72 Å². The standard InChI is InChI=1S/C23H27N5O3S/c1-14(2)22(30)28-10-4-5-15(13-28)26-23-27-18-7-6-16(12-20(18)32-23)31-17-8-9-25-19(11-17)21(29)24-3/h6-9,11-12,14-15H,4-5,10,13H2,1-3H3,(H,24,29)(H,26,27)/t15-/m0/s1. The Hall–Kier alpha value is -3.20. The lowest BCUT2D eigenvalue weighted by molar-refractivity contribution is -0.135. The molecule has 2 aromatic heterocycles. The molecule has 1 fully saturated rings. The van der Waals surface area contributed by atoms with Crippen LogP contribution in [0.4, 0.5) is 5.13 Å². The van der Waals surface area contributed by atoms with E-state index in [9.17, 15) is 9.59 Å². The van der Waals surface area contributed by atoms with Crippen LogP contribution in [0.15, 0.2) is 36.5 Å². The number of carbonyl (C=O) groups is 2. The average Bonchev–Trinajstić information content (AvgIpc) is 3.19. The molecule has 3 heterocycles. The molecule has 8 nitrogen and oxygen atoms in total. The molecule has 1 aliphatic heterocycles. The number of fused-ring (bicyclic) bond motifs is 1. The molecule has 1 saturated heterocycles. The fraction of sp³-hybridized carbons (Fsp3) is 0.391. The summed E-state index contributed by atoms with van der Waals surface area (Å²) < 4.78 is 6.93. The van der Waals surface area contributed by atoms with Crippen molar-refractivity contribution in [2.45, 2.75) is 32.7 Å². The van der Waals surface area contributed by atoms with E-state index in [2.05, 4.69) is 15.6 Å². The molecule has 32 heavy (non-hydrogen) atoms. The Morgan fingerprint density at radius 3 is 2.81 bits per heavy atom. The fourth-order valence-corrected chi connectivity index (χ4v) is 4.70. The lowest BCUT2D eigenvalue weighted by atomic mass is 10.0. The Bertz CT molecular complexity index is 1130. The van der Waals surface area contributed by atoms with E-state index >= 15 is 0 Å². The number of aromatic nitrogens is 2. The molecule has 2 amide bonds. The maximum Gasteiger partial charge on any atom is 0.269 e. The van der Waals surface area contributed by atoms with Crippen molar-refractivity contribution >= 4 is 38.5 Å². The Balaban J connectivity index is 1.45. The highest BCUT2D eigenvalue weighted by atomic mass is 32.1. The Morgan fingerprint density at radius 1 is 1.22 bits per heavy atom. The number of amides is 2. The normalized spacial score (nSPS) is 16.2. The van der Waals surface area contributed by atoms with Crippen LogP contribution >= 0.6 is 11.3 Å². The summed E-state index contributed by atoms with van der Waals surface area (Å²) in [5, 5.41) is 6.90. The number of ether oxygens (including phenoxy) is 1. The minimum atomic E-state index is -0.263. The van der Waals surface area contributed by atoms with Gasteiger partial charge in [-0.2, -0.15) is 0 Å². The number of thiazole rings is 1. The molecule has 0 radical (unpaired) electrons. The SMILES string of the molecule is CNC(=O)c1cc(Oc2ccc3nc(N[C@H]4CCCN(C(=O)C(C)C)C4)sc3c2)ccn1. The van der Waals surface area contributed by atoms with Gasteiger partial charge < -0.3 is 20.3 Å². The highest BCUT2D eigenvalue weighted by Crippen LogP contribution is 2.32. The number of benzene rings is 1. The van der Waals surface area contributed by atoms with Gasteiger partial charge in [0.15, 0.2) is 5.13 Å². The first kappa shape index (κ1) is 22.0. The van der Waals surface area contributed by atoms with E-state index in [1.54, 1.807) is 36.7 Å². The first-order valence-electron chi connectivity index (χ1n) is 10.7. The van der Waals surface area contributed by atoms with E-state index in [1.165, 1.54) is 0 Å². The van der Waals surface area contributed by atoms with Crippen LogP contribution in [0, 0.1) is 5.92 Å². The molecule has 3 aromatic rings. The van der Waals surface area contributed by atoms with Crippen LogP contribution < -0.4 is 15.4 Å². The monoisotopic (exact) mass is 453 g/mol. The number of nitrogens with one attached hydrogen (secondary N) is 2. The minimum absolute atomic E-state index is 0.0162. The molecule has 0 aliphatic carbocycles. The number of likely N-dealkylation sites (tertiary alicyclic amines) is 1. The molecule has 0 bridgehead atoms. The number of hydrogen-bond donors (Lipinski definition) is 2. The number of carbonyl (C=O) groups excluding carboxylic acids is 2. The molecule has 1 aliphatic rings. The number of anilines is 1. The molecule has 0 unspecified atom stereocenters. The van der Waals surface area contributed by atoms with E-state index in [0.717, 1.165) is 34.7 Å². The van der Waals surface area contributed by atoms with Crippen molar-refractivity contribution in [3.8, 4) is 11.5 Å². The zero-order chi connectivity index (χ0) is 22.7. The number of nitrogens with zero attached hydrogens (tertiary/aromatic N) is 3. The van der Waals surface area contributed by atoms with Crippen molar-refractivity contribution < 1.29 is 14.3 Å². The van der Waals surface area contributed by atoms with Crippen molar-refractivity contribution in [3.05, 3.63) is 42.2 Å². The zero-order valence-corrected chi connectivity index (χ0v) is 19.2. The van der Waals surface area contributed by atoms with Gasteiger partial charge in [-0.1, -0.05) is 25.2 Å². The summed E-state index contributed by atoms with van der Waals surface area (Å²) in [6.07, 6.45) is 3.55. The van der Waals surface area contributed by atoms with Crippen LogP contribution in [0.5, 0.6) is 11.5 Å². The minimum Gasteiger partial charge on any atom is -0.457 e. The predicted molar refractivity (Wildman–Crippen MR) is 125 cm³/mol. The average molecular weight is 454 g/mol. The van der Waals surface area contributed by atoms with Crippen molar-refractivity contribution in [1.29, 1.82) is 0 Å². The number of pyridine rings is 1. The van der Waals surface area contributed by atoms with Crippen molar-refractivity contribution in [2.24, 2.45) is 5.92 Å². The van der Waals surface area contributed by atoms with Gasteiger partial charge in [0.25, 0.3) is 5.91 Å². The van der Waals surface area contributed by atoms with E-state index in [1.807, 2.05) is 36.9 Å². The Labute approximate surface area is 191 Å². The van der Waals surface area contributed by atoms with Crippen molar-refractivity contribution in [1.82, 2.24) is 20.2 Å². The van der Waals surface area contributed by atoms with Gasteiger partial charge in [0.2, 0.25) is 5.91 Å². The van der Waals surface area contributed by atoms with Gasteiger partial charge in [-0.3, -0.25) is 14.6 Å². The largest absolute Gasteiger partial charge is 0.457 e. The highest BCUT2D eigenvalue weighted by molar-refractivity contribution is 7.22. The van der Waals surface area contributed by atoms with Gasteiger partial charge in [-0.15, -0.1) is 0 Å². The molecule has 2 N–H and O–H groups in total. The lowest BCUT2D eigenvalue weighted by Crippen LogP contribution is -2.46. The molecule has 0 spiro atoms. The van der Waals surface area contributed by atoms with Crippen LogP contribution in [0.2, 0.25) is 0 Å². The third-order valence-electron chi connectivity index (χ3n) is 5.34. The smallest absolute Gasteiger partial charge is 0.269 e. The summed E-state index contributed by atoms with van der Waals surface area (Å²) in [5.74, 6) is 1.16. The van der Waals surface area contributed by atoms with Gasteiger partial charge in [0.05, 0.1) is 10.2 Å². The summed E-state index contributed by atoms with van der Waals surface area (Å²) in [6.45, 7) is 5.42. The third kappa shape index (κ3) is 4.99. The predicted octanol–water partition coefficient (Wildman–Crippen LogP) is 3.90. The molecule has 9 heteroatoms. The van der Waals surface area contributed by atoms with Crippen molar-refractivity contribution in [3.63, 3.8) is 0 Å². The van der Waals surface area contributed by atoms with Crippen LogP contribution in [0.25, 0.3) is 10.2 Å². The summed E-state index contributed by atoms with van der Waals surface area (Å²) >= 11 is 1.56. The van der Waals surface area contributed by atoms with Gasteiger partial charge in [0.1, 0.15) is 17.2 Å². The maximum absolute atomic E-state index is 12.3. The molecule has 0 saturated carbocycles. The third-order valence-corrected chi connectivity index (χ3v) is 6.29. The van der Waals surface area contributed by atoms with Crippen molar-refractivity contribution in [2.75, 3.05) is 25.5 Å². The quantitative estimate of drug-likeness (QED) is 0.588. The van der Waals surface area contributed by atoms with E-state index in [0.29, 0.717) is 23.7 Å². The summed E-state index contributed by atoms with van der Waals surface area (Å²) in [6, 6.07) is 9.23. The summed E-state index contributed by atoms with van der Waals surface area (Å²) in [7, 11) is 1.56. The van der Waals surface area contributed by atoms with Crippen LogP contribution in [-0.4, -0.2) is 52.9 Å². The van der Waals surface area contributed by atoms with Crippen LogP contribution in [0.3, 0.4) is 0 Å². The molecule has 4 rings (SSSR count). The van der Waals surface area contributed by atoms with Gasteiger partial charge in [0, 0.05) is 50.4 Å². The van der Waals surface area contributed by atoms with Gasteiger partial charge in [-0.25, -0.2) is 4.98 Å². The summed E-state index contributed by atoms with van der Waals surface area (Å²) in [4.78, 5) is 34.8. The second kappa shape index (κ2) is 9.52. The molecular weight excluding hydrogens is 426 g/mol. The molecular formula is C23H27N5O3S. The maximum atomic E-state index is 12.3. The molecule has 1 atom stereocenters. The molecule has 168 valence electrons. The number of rotatable bonds is 6. The summed E-state index contributed by atoms with van der Waals surface area (Å²) in [5.41, 5.74) is 1.18. The Morgan fingerprint density at radius 2 is 2.03 bits per heavy atom. The number of piperidine rings is 1. The first-order valence-corrected chi connectivity index (χ1v) is 11.6. The molecule has 1 aromatic carbocycles. The second-order valence-electron chi connectivity index (χ2n) is 8.13. The van der Waals surface area contributed by atoms with E-state index in [-0.39, 0.29) is 23.8 Å². The number of hydrogen-bond acceptors (Lipinski definition) is 7. The lowest BCUT2D eigenvalue weighted by Gasteiger charge is -2.34. The topological polar surface area (TPSA) is 96.5 Å².